The lowest BCUT2D eigenvalue weighted by atomic mass is 9.94. The van der Waals surface area contributed by atoms with E-state index in [1.54, 1.807) is 6.07 Å². The summed E-state index contributed by atoms with van der Waals surface area (Å²) in [4.78, 5) is 26.5. The highest BCUT2D eigenvalue weighted by Crippen LogP contribution is 2.38. The molecule has 30 heavy (non-hydrogen) atoms. The zero-order valence-electron chi connectivity index (χ0n) is 16.7. The van der Waals surface area contributed by atoms with E-state index in [1.165, 1.54) is 22.9 Å². The van der Waals surface area contributed by atoms with Crippen LogP contribution in [0.25, 0.3) is 16.3 Å². The molecule has 0 unspecified atom stereocenters. The van der Waals surface area contributed by atoms with E-state index in [1.807, 2.05) is 37.3 Å². The number of aromatic nitrogens is 2. The number of carbonyl (C=O) groups is 1. The number of carbonyl (C=O) groups excluding carboxylic acids is 1. The molecule has 0 N–H and O–H groups in total. The maximum Gasteiger partial charge on any atom is 0.236 e. The minimum Gasteiger partial charge on any atom is -0.294 e. The van der Waals surface area contributed by atoms with Crippen molar-refractivity contribution < 1.29 is 4.79 Å². The standard InChI is InChI=1S/C23H18N4O2S/c1-13-7-9-15(10-8-13)21-17(11-24)22(29)18(12-25)26-27(21)23-20(14(2)28)16-5-3-4-6-19(16)30-23/h7-10H,3-6H2,1-2H3. The van der Waals surface area contributed by atoms with Crippen LogP contribution in [0.2, 0.25) is 0 Å². The molecule has 7 heteroatoms. The van der Waals surface area contributed by atoms with Crippen LogP contribution in [0, 0.1) is 29.6 Å². The highest BCUT2D eigenvalue weighted by molar-refractivity contribution is 7.15. The molecule has 6 nitrogen and oxygen atoms in total. The second-order valence-corrected chi connectivity index (χ2v) is 8.43. The first-order chi connectivity index (χ1) is 14.5. The lowest BCUT2D eigenvalue weighted by Crippen LogP contribution is -2.22. The summed E-state index contributed by atoms with van der Waals surface area (Å²) in [6.45, 7) is 3.46. The molecular weight excluding hydrogens is 396 g/mol. The number of nitriles is 2. The largest absolute Gasteiger partial charge is 0.294 e. The van der Waals surface area contributed by atoms with Gasteiger partial charge in [0.2, 0.25) is 11.1 Å². The quantitative estimate of drug-likeness (QED) is 0.601. The second-order valence-electron chi connectivity index (χ2n) is 7.35. The Morgan fingerprint density at radius 1 is 1.13 bits per heavy atom. The topological polar surface area (TPSA) is 99.5 Å². The van der Waals surface area contributed by atoms with Gasteiger partial charge in [-0.2, -0.15) is 15.6 Å². The molecule has 0 aliphatic heterocycles. The molecule has 0 saturated heterocycles. The summed E-state index contributed by atoms with van der Waals surface area (Å²) in [5.74, 6) is -0.0863. The number of thiophene rings is 1. The number of Topliss-reactive ketones (excluding diaryl/α,β-unsaturated/α-hetero) is 1. The van der Waals surface area contributed by atoms with Gasteiger partial charge in [-0.25, -0.2) is 4.68 Å². The van der Waals surface area contributed by atoms with E-state index in [0.29, 0.717) is 21.8 Å². The van der Waals surface area contributed by atoms with Gasteiger partial charge >= 0.3 is 0 Å². The van der Waals surface area contributed by atoms with Gasteiger partial charge < -0.3 is 0 Å². The molecule has 0 fully saturated rings. The molecule has 0 spiro atoms. The van der Waals surface area contributed by atoms with Crippen molar-refractivity contribution in [3.8, 4) is 28.4 Å². The molecule has 4 rings (SSSR count). The Morgan fingerprint density at radius 2 is 1.83 bits per heavy atom. The summed E-state index contributed by atoms with van der Waals surface area (Å²) >= 11 is 1.46. The summed E-state index contributed by atoms with van der Waals surface area (Å²) in [7, 11) is 0. The molecule has 0 atom stereocenters. The molecule has 1 aromatic carbocycles. The average Bonchev–Trinajstić information content (AvgIpc) is 3.13. The summed E-state index contributed by atoms with van der Waals surface area (Å²) in [5.41, 5.74) is 2.37. The van der Waals surface area contributed by atoms with Crippen molar-refractivity contribution in [1.29, 1.82) is 10.5 Å². The number of nitrogens with zero attached hydrogens (tertiary/aromatic N) is 4. The van der Waals surface area contributed by atoms with Gasteiger partial charge in [0.05, 0.1) is 11.3 Å². The fraction of sp³-hybridized carbons (Fsp3) is 0.261. The van der Waals surface area contributed by atoms with E-state index >= 15 is 0 Å². The van der Waals surface area contributed by atoms with Crippen LogP contribution in [-0.2, 0) is 12.8 Å². The molecule has 0 amide bonds. The summed E-state index contributed by atoms with van der Waals surface area (Å²) < 4.78 is 1.46. The van der Waals surface area contributed by atoms with Crippen molar-refractivity contribution >= 4 is 17.1 Å². The van der Waals surface area contributed by atoms with Crippen LogP contribution in [-0.4, -0.2) is 15.6 Å². The minimum atomic E-state index is -0.697. The van der Waals surface area contributed by atoms with E-state index < -0.39 is 5.43 Å². The van der Waals surface area contributed by atoms with Crippen molar-refractivity contribution in [3.05, 3.63) is 67.3 Å². The molecule has 148 valence electrons. The summed E-state index contributed by atoms with van der Waals surface area (Å²) in [6, 6.07) is 11.2. The fourth-order valence-electron chi connectivity index (χ4n) is 3.89. The molecule has 0 radical (unpaired) electrons. The Hall–Kier alpha value is -3.55. The molecule has 0 saturated carbocycles. The average molecular weight is 414 g/mol. The Bertz CT molecular complexity index is 1320. The highest BCUT2D eigenvalue weighted by Gasteiger charge is 2.28. The van der Waals surface area contributed by atoms with E-state index in [0.717, 1.165) is 41.7 Å². The van der Waals surface area contributed by atoms with Gasteiger partial charge in [0.15, 0.2) is 5.78 Å². The van der Waals surface area contributed by atoms with Gasteiger partial charge in [-0.15, -0.1) is 11.3 Å². The first-order valence-electron chi connectivity index (χ1n) is 9.66. The van der Waals surface area contributed by atoms with Gasteiger partial charge in [0.1, 0.15) is 22.7 Å². The Balaban J connectivity index is 2.13. The smallest absolute Gasteiger partial charge is 0.236 e. The number of ketones is 1. The Kier molecular flexibility index (Phi) is 5.07. The van der Waals surface area contributed by atoms with Crippen molar-refractivity contribution in [2.45, 2.75) is 39.5 Å². The van der Waals surface area contributed by atoms with Crippen LogP contribution in [0.1, 0.15) is 57.4 Å². The van der Waals surface area contributed by atoms with Crippen LogP contribution in [0.3, 0.4) is 0 Å². The number of rotatable bonds is 3. The molecule has 1 aliphatic rings. The van der Waals surface area contributed by atoms with E-state index in [4.69, 9.17) is 0 Å². The SMILES string of the molecule is CC(=O)c1c(-n2nc(C#N)c(=O)c(C#N)c2-c2ccc(C)cc2)sc2c1CCCC2. The lowest BCUT2D eigenvalue weighted by molar-refractivity contribution is 0.101. The number of benzene rings is 1. The van der Waals surface area contributed by atoms with Crippen molar-refractivity contribution in [3.63, 3.8) is 0 Å². The van der Waals surface area contributed by atoms with Crippen molar-refractivity contribution in [2.75, 3.05) is 0 Å². The van der Waals surface area contributed by atoms with Crippen LogP contribution >= 0.6 is 11.3 Å². The lowest BCUT2D eigenvalue weighted by Gasteiger charge is -2.15. The zero-order valence-corrected chi connectivity index (χ0v) is 17.5. The Labute approximate surface area is 177 Å². The third kappa shape index (κ3) is 3.14. The molecule has 3 aromatic rings. The minimum absolute atomic E-state index is 0.0863. The molecule has 2 heterocycles. The van der Waals surface area contributed by atoms with E-state index in [9.17, 15) is 20.1 Å². The summed E-state index contributed by atoms with van der Waals surface area (Å²) in [5, 5.41) is 24.1. The van der Waals surface area contributed by atoms with Gasteiger partial charge in [-0.1, -0.05) is 29.8 Å². The van der Waals surface area contributed by atoms with Gasteiger partial charge in [-0.05, 0) is 45.1 Å². The normalized spacial score (nSPS) is 12.7. The van der Waals surface area contributed by atoms with E-state index in [2.05, 4.69) is 5.10 Å². The maximum atomic E-state index is 12.7. The second kappa shape index (κ2) is 7.70. The highest BCUT2D eigenvalue weighted by atomic mass is 32.1. The first kappa shape index (κ1) is 19.8. The van der Waals surface area contributed by atoms with Crippen LogP contribution in [0.4, 0.5) is 0 Å². The van der Waals surface area contributed by atoms with Gasteiger partial charge in [0.25, 0.3) is 0 Å². The number of aryl methyl sites for hydroxylation is 2. The third-order valence-electron chi connectivity index (χ3n) is 5.33. The van der Waals surface area contributed by atoms with Crippen LogP contribution in [0.15, 0.2) is 29.1 Å². The number of hydrogen-bond donors (Lipinski definition) is 0. The third-order valence-corrected chi connectivity index (χ3v) is 6.60. The predicted octanol–water partition coefficient (Wildman–Crippen LogP) is 4.09. The number of hydrogen-bond acceptors (Lipinski definition) is 6. The Morgan fingerprint density at radius 3 is 2.47 bits per heavy atom. The van der Waals surface area contributed by atoms with E-state index in [-0.39, 0.29) is 17.0 Å². The van der Waals surface area contributed by atoms with Crippen molar-refractivity contribution in [1.82, 2.24) is 9.78 Å². The predicted molar refractivity (Wildman–Crippen MR) is 114 cm³/mol. The maximum absolute atomic E-state index is 12.7. The van der Waals surface area contributed by atoms with Gasteiger partial charge in [0, 0.05) is 10.4 Å². The fourth-order valence-corrected chi connectivity index (χ4v) is 5.29. The zero-order chi connectivity index (χ0) is 21.4. The first-order valence-corrected chi connectivity index (χ1v) is 10.5. The molecule has 0 bridgehead atoms. The molecule has 2 aromatic heterocycles. The molecular formula is C23H18N4O2S. The molecule has 1 aliphatic carbocycles. The monoisotopic (exact) mass is 414 g/mol. The van der Waals surface area contributed by atoms with Crippen LogP contribution in [0.5, 0.6) is 0 Å². The van der Waals surface area contributed by atoms with Crippen LogP contribution < -0.4 is 5.43 Å². The summed E-state index contributed by atoms with van der Waals surface area (Å²) in [6.07, 6.45) is 3.77. The number of fused-ring (bicyclic) bond motifs is 1. The van der Waals surface area contributed by atoms with Crippen molar-refractivity contribution in [2.24, 2.45) is 0 Å². The van der Waals surface area contributed by atoms with Gasteiger partial charge in [-0.3, -0.25) is 9.59 Å².